The molecule has 8 nitrogen and oxygen atoms in total. The Morgan fingerprint density at radius 3 is 2.57 bits per heavy atom. The molecule has 1 saturated carbocycles. The Kier molecular flexibility index (Phi) is 7.12. The number of aliphatic hydroxyl groups excluding tert-OH is 1. The molecule has 0 radical (unpaired) electrons. The monoisotopic (exact) mass is 483 g/mol. The Morgan fingerprint density at radius 1 is 1.06 bits per heavy atom. The molecule has 3 amide bonds. The minimum absolute atomic E-state index is 0.0403. The van der Waals surface area contributed by atoms with Gasteiger partial charge in [-0.1, -0.05) is 49.6 Å². The highest BCUT2D eigenvalue weighted by molar-refractivity contribution is 5.99. The van der Waals surface area contributed by atoms with Gasteiger partial charge in [-0.15, -0.1) is 0 Å². The standard InChI is InChI=1S/C27H37N3O5/c31-16-8-7-15-30-23(25(33)29-19-11-5-2-6-12-19)27-14-13-20(35-27)21(22(27)26(30)34)24(32)28-17-18-9-3-1-4-10-18/h1,3-4,9-10,19-23,31H,2,5-8,11-17H2,(H,28,32)(H,29,33)/t20-,21+,22+,23?,27?/m1/s1. The number of hydrogen-bond acceptors (Lipinski definition) is 5. The molecule has 8 heteroatoms. The first kappa shape index (κ1) is 24.3. The average Bonchev–Trinajstić information content (AvgIpc) is 3.51. The number of unbranched alkanes of at least 4 members (excludes halogenated alkanes) is 1. The summed E-state index contributed by atoms with van der Waals surface area (Å²) in [4.78, 5) is 42.5. The van der Waals surface area contributed by atoms with Crippen LogP contribution in [0.5, 0.6) is 0 Å². The molecule has 3 N–H and O–H groups in total. The van der Waals surface area contributed by atoms with Crippen LogP contribution in [-0.2, 0) is 25.7 Å². The number of aliphatic hydroxyl groups is 1. The van der Waals surface area contributed by atoms with Gasteiger partial charge in [0.15, 0.2) is 0 Å². The van der Waals surface area contributed by atoms with Gasteiger partial charge >= 0.3 is 0 Å². The van der Waals surface area contributed by atoms with Crippen LogP contribution in [0.3, 0.4) is 0 Å². The number of likely N-dealkylation sites (tertiary alicyclic amines) is 1. The minimum Gasteiger partial charge on any atom is -0.396 e. The lowest BCUT2D eigenvalue weighted by Crippen LogP contribution is -2.57. The molecule has 35 heavy (non-hydrogen) atoms. The van der Waals surface area contributed by atoms with Crippen LogP contribution < -0.4 is 10.6 Å². The third-order valence-electron chi connectivity index (χ3n) is 8.42. The number of fused-ring (bicyclic) bond motifs is 1. The topological polar surface area (TPSA) is 108 Å². The number of nitrogens with one attached hydrogen (secondary N) is 2. The van der Waals surface area contributed by atoms with Crippen LogP contribution in [0, 0.1) is 11.8 Å². The molecule has 4 fully saturated rings. The average molecular weight is 484 g/mol. The van der Waals surface area contributed by atoms with E-state index in [0.29, 0.717) is 38.8 Å². The van der Waals surface area contributed by atoms with Crippen LogP contribution in [0.1, 0.15) is 63.4 Å². The maximum atomic E-state index is 13.8. The summed E-state index contributed by atoms with van der Waals surface area (Å²) in [5.41, 5.74) is 0.0434. The highest BCUT2D eigenvalue weighted by Gasteiger charge is 2.74. The van der Waals surface area contributed by atoms with Crippen molar-refractivity contribution in [2.75, 3.05) is 13.2 Å². The zero-order valence-corrected chi connectivity index (χ0v) is 20.3. The van der Waals surface area contributed by atoms with Crippen LogP contribution in [0.2, 0.25) is 0 Å². The zero-order chi connectivity index (χ0) is 24.4. The van der Waals surface area contributed by atoms with E-state index in [9.17, 15) is 19.5 Å². The maximum Gasteiger partial charge on any atom is 0.246 e. The summed E-state index contributed by atoms with van der Waals surface area (Å²) >= 11 is 0. The molecule has 5 atom stereocenters. The Hall–Kier alpha value is -2.45. The van der Waals surface area contributed by atoms with Crippen LogP contribution in [0.4, 0.5) is 0 Å². The molecule has 3 aliphatic heterocycles. The van der Waals surface area contributed by atoms with Crippen molar-refractivity contribution >= 4 is 17.7 Å². The first-order chi connectivity index (χ1) is 17.0. The van der Waals surface area contributed by atoms with E-state index >= 15 is 0 Å². The highest BCUT2D eigenvalue weighted by Crippen LogP contribution is 2.58. The molecular weight excluding hydrogens is 446 g/mol. The van der Waals surface area contributed by atoms with Crippen molar-refractivity contribution in [2.45, 2.75) is 88.1 Å². The van der Waals surface area contributed by atoms with Crippen molar-refractivity contribution in [1.82, 2.24) is 15.5 Å². The number of rotatable bonds is 9. The molecule has 190 valence electrons. The number of amides is 3. The van der Waals surface area contributed by atoms with Crippen LogP contribution >= 0.6 is 0 Å². The summed E-state index contributed by atoms with van der Waals surface area (Å²) in [5, 5.41) is 15.5. The molecule has 3 heterocycles. The van der Waals surface area contributed by atoms with Gasteiger partial charge < -0.3 is 25.4 Å². The van der Waals surface area contributed by atoms with Gasteiger partial charge in [0.25, 0.3) is 0 Å². The molecule has 4 aliphatic rings. The summed E-state index contributed by atoms with van der Waals surface area (Å²) in [6, 6.07) is 9.10. The first-order valence-electron chi connectivity index (χ1n) is 13.3. The van der Waals surface area contributed by atoms with Crippen molar-refractivity contribution in [2.24, 2.45) is 11.8 Å². The maximum absolute atomic E-state index is 13.8. The van der Waals surface area contributed by atoms with E-state index in [1.54, 1.807) is 4.90 Å². The van der Waals surface area contributed by atoms with E-state index in [0.717, 1.165) is 31.2 Å². The van der Waals surface area contributed by atoms with Gasteiger partial charge in [-0.3, -0.25) is 14.4 Å². The number of nitrogens with zero attached hydrogens (tertiary/aromatic N) is 1. The largest absolute Gasteiger partial charge is 0.396 e. The van der Waals surface area contributed by atoms with Gasteiger partial charge in [0.05, 0.1) is 17.9 Å². The summed E-state index contributed by atoms with van der Waals surface area (Å²) in [6.45, 7) is 0.814. The quantitative estimate of drug-likeness (QED) is 0.465. The number of ether oxygens (including phenoxy) is 1. The Balaban J connectivity index is 1.37. The van der Waals surface area contributed by atoms with Gasteiger partial charge in [0, 0.05) is 25.7 Å². The van der Waals surface area contributed by atoms with Gasteiger partial charge in [0.2, 0.25) is 17.7 Å². The van der Waals surface area contributed by atoms with E-state index in [1.807, 2.05) is 30.3 Å². The first-order valence-corrected chi connectivity index (χ1v) is 13.3. The second kappa shape index (κ2) is 10.3. The second-order valence-electron chi connectivity index (χ2n) is 10.6. The summed E-state index contributed by atoms with van der Waals surface area (Å²) in [6.07, 6.45) is 7.41. The lowest BCUT2D eigenvalue weighted by atomic mass is 9.70. The lowest BCUT2D eigenvalue weighted by Gasteiger charge is -2.35. The SMILES string of the molecule is O=C(NC1CCCCC1)C1N(CCCCO)C(=O)[C@@H]2[C@@H](C(=O)NCc3ccccc3)[C@H]3CCC12O3. The number of benzene rings is 1. The lowest BCUT2D eigenvalue weighted by molar-refractivity contribution is -0.142. The predicted molar refractivity (Wildman–Crippen MR) is 129 cm³/mol. The summed E-state index contributed by atoms with van der Waals surface area (Å²) in [7, 11) is 0. The second-order valence-corrected chi connectivity index (χ2v) is 10.6. The number of carbonyl (C=O) groups is 3. The van der Waals surface area contributed by atoms with Crippen LogP contribution in [0.15, 0.2) is 30.3 Å². The van der Waals surface area contributed by atoms with Crippen LogP contribution in [-0.4, -0.2) is 64.7 Å². The van der Waals surface area contributed by atoms with Crippen molar-refractivity contribution in [3.8, 4) is 0 Å². The van der Waals surface area contributed by atoms with Gasteiger partial charge in [-0.2, -0.15) is 0 Å². The van der Waals surface area contributed by atoms with Gasteiger partial charge in [-0.05, 0) is 44.1 Å². The molecule has 1 aliphatic carbocycles. The van der Waals surface area contributed by atoms with Crippen LogP contribution in [0.25, 0.3) is 0 Å². The van der Waals surface area contributed by atoms with E-state index in [1.165, 1.54) is 6.42 Å². The van der Waals surface area contributed by atoms with Gasteiger partial charge in [-0.25, -0.2) is 0 Å². The molecule has 3 saturated heterocycles. The van der Waals surface area contributed by atoms with E-state index in [4.69, 9.17) is 4.74 Å². The third-order valence-corrected chi connectivity index (χ3v) is 8.42. The Labute approximate surface area is 206 Å². The van der Waals surface area contributed by atoms with E-state index in [2.05, 4.69) is 10.6 Å². The summed E-state index contributed by atoms with van der Waals surface area (Å²) in [5.74, 6) is -1.72. The third kappa shape index (κ3) is 4.47. The zero-order valence-electron chi connectivity index (χ0n) is 20.3. The fourth-order valence-corrected chi connectivity index (χ4v) is 6.82. The highest BCUT2D eigenvalue weighted by atomic mass is 16.5. The number of carbonyl (C=O) groups excluding carboxylic acids is 3. The van der Waals surface area contributed by atoms with Crippen molar-refractivity contribution in [1.29, 1.82) is 0 Å². The fraction of sp³-hybridized carbons (Fsp3) is 0.667. The van der Waals surface area contributed by atoms with Crippen molar-refractivity contribution in [3.05, 3.63) is 35.9 Å². The Bertz CT molecular complexity index is 934. The Morgan fingerprint density at radius 2 is 1.83 bits per heavy atom. The number of hydrogen-bond donors (Lipinski definition) is 3. The van der Waals surface area contributed by atoms with E-state index in [-0.39, 0.29) is 36.5 Å². The summed E-state index contributed by atoms with van der Waals surface area (Å²) < 4.78 is 6.47. The molecule has 2 bridgehead atoms. The molecule has 5 rings (SSSR count). The molecular formula is C27H37N3O5. The smallest absolute Gasteiger partial charge is 0.246 e. The normalized spacial score (nSPS) is 32.0. The molecule has 1 spiro atoms. The fourth-order valence-electron chi connectivity index (χ4n) is 6.82. The van der Waals surface area contributed by atoms with Crippen molar-refractivity contribution in [3.63, 3.8) is 0 Å². The minimum atomic E-state index is -0.950. The predicted octanol–water partition coefficient (Wildman–Crippen LogP) is 1.90. The molecule has 1 aromatic rings. The molecule has 1 aromatic carbocycles. The van der Waals surface area contributed by atoms with E-state index < -0.39 is 23.5 Å². The molecule has 2 unspecified atom stereocenters. The van der Waals surface area contributed by atoms with Gasteiger partial charge in [0.1, 0.15) is 11.6 Å². The molecule has 0 aromatic heterocycles. The van der Waals surface area contributed by atoms with Crippen molar-refractivity contribution < 1.29 is 24.2 Å².